The van der Waals surface area contributed by atoms with Crippen molar-refractivity contribution < 1.29 is 4.79 Å². The molecule has 0 aliphatic carbocycles. The molecule has 1 aromatic heterocycles. The maximum atomic E-state index is 12.4. The minimum absolute atomic E-state index is 0.165. The highest BCUT2D eigenvalue weighted by molar-refractivity contribution is 6.31. The average Bonchev–Trinajstić information content (AvgIpc) is 2.50. The Morgan fingerprint density at radius 2 is 2.17 bits per heavy atom. The number of carbonyl (C=O) groups is 1. The molecule has 6 nitrogen and oxygen atoms in total. The highest BCUT2D eigenvalue weighted by Crippen LogP contribution is 2.17. The van der Waals surface area contributed by atoms with Crippen molar-refractivity contribution in [2.45, 2.75) is 32.7 Å². The Morgan fingerprint density at radius 1 is 1.43 bits per heavy atom. The maximum Gasteiger partial charge on any atom is 0.315 e. The van der Waals surface area contributed by atoms with Gasteiger partial charge in [0.15, 0.2) is 0 Å². The van der Waals surface area contributed by atoms with Crippen molar-refractivity contribution in [3.63, 3.8) is 0 Å². The molecule has 1 heterocycles. The smallest absolute Gasteiger partial charge is 0.315 e. The van der Waals surface area contributed by atoms with Crippen LogP contribution in [0.15, 0.2) is 23.0 Å². The minimum Gasteiger partial charge on any atom is -0.338 e. The van der Waals surface area contributed by atoms with E-state index in [2.05, 4.69) is 22.5 Å². The standard InChI is InChI=1S/C16H21ClN4O2/c1-4-5-8-18-16(23)19-10(2)14-20-13-9-11(17)6-7-12(13)15(22)21(14)3/h6-7,9-10H,4-5,8H2,1-3H3,(H2,18,19,23). The Kier molecular flexibility index (Phi) is 5.60. The van der Waals surface area contributed by atoms with E-state index in [4.69, 9.17) is 11.6 Å². The third kappa shape index (κ3) is 4.01. The second-order valence-corrected chi connectivity index (χ2v) is 5.91. The van der Waals surface area contributed by atoms with Crippen LogP contribution in [0.5, 0.6) is 0 Å². The molecular weight excluding hydrogens is 316 g/mol. The lowest BCUT2D eigenvalue weighted by Crippen LogP contribution is -2.39. The van der Waals surface area contributed by atoms with Crippen LogP contribution >= 0.6 is 11.6 Å². The van der Waals surface area contributed by atoms with Gasteiger partial charge in [-0.25, -0.2) is 9.78 Å². The number of hydrogen-bond donors (Lipinski definition) is 2. The number of unbranched alkanes of at least 4 members (excludes halogenated alkanes) is 1. The lowest BCUT2D eigenvalue weighted by molar-refractivity contribution is 0.237. The van der Waals surface area contributed by atoms with E-state index >= 15 is 0 Å². The van der Waals surface area contributed by atoms with Crippen molar-refractivity contribution in [2.24, 2.45) is 7.05 Å². The van der Waals surface area contributed by atoms with Crippen molar-refractivity contribution in [3.05, 3.63) is 39.4 Å². The fraction of sp³-hybridized carbons (Fsp3) is 0.438. The second-order valence-electron chi connectivity index (χ2n) is 5.47. The molecule has 1 aromatic carbocycles. The second kappa shape index (κ2) is 7.46. The van der Waals surface area contributed by atoms with Crippen LogP contribution in [0.2, 0.25) is 5.02 Å². The molecular formula is C16H21ClN4O2. The van der Waals surface area contributed by atoms with Crippen LogP contribution in [-0.4, -0.2) is 22.1 Å². The zero-order valence-corrected chi connectivity index (χ0v) is 14.3. The van der Waals surface area contributed by atoms with Crippen LogP contribution in [0.3, 0.4) is 0 Å². The molecule has 2 rings (SSSR count). The molecule has 0 radical (unpaired) electrons. The average molecular weight is 337 g/mol. The number of nitrogens with one attached hydrogen (secondary N) is 2. The van der Waals surface area contributed by atoms with Gasteiger partial charge < -0.3 is 10.6 Å². The molecule has 23 heavy (non-hydrogen) atoms. The summed E-state index contributed by atoms with van der Waals surface area (Å²) >= 11 is 5.97. The van der Waals surface area contributed by atoms with E-state index < -0.39 is 6.04 Å². The van der Waals surface area contributed by atoms with Crippen LogP contribution in [0.4, 0.5) is 4.79 Å². The van der Waals surface area contributed by atoms with E-state index in [1.165, 1.54) is 4.57 Å². The molecule has 0 saturated heterocycles. The normalized spacial score (nSPS) is 12.2. The fourth-order valence-corrected chi connectivity index (χ4v) is 2.51. The van der Waals surface area contributed by atoms with Crippen molar-refractivity contribution in [2.75, 3.05) is 6.54 Å². The number of rotatable bonds is 5. The number of aromatic nitrogens is 2. The van der Waals surface area contributed by atoms with Crippen molar-refractivity contribution in [1.29, 1.82) is 0 Å². The van der Waals surface area contributed by atoms with Gasteiger partial charge in [0.05, 0.1) is 16.9 Å². The Bertz CT molecular complexity index is 772. The van der Waals surface area contributed by atoms with Crippen LogP contribution in [0.1, 0.15) is 38.6 Å². The van der Waals surface area contributed by atoms with Gasteiger partial charge in [0.25, 0.3) is 5.56 Å². The van der Waals surface area contributed by atoms with Gasteiger partial charge in [-0.3, -0.25) is 9.36 Å². The Labute approximate surface area is 139 Å². The van der Waals surface area contributed by atoms with Crippen molar-refractivity contribution in [1.82, 2.24) is 20.2 Å². The summed E-state index contributed by atoms with van der Waals surface area (Å²) in [6.07, 6.45) is 1.93. The Morgan fingerprint density at radius 3 is 2.87 bits per heavy atom. The number of urea groups is 1. The van der Waals surface area contributed by atoms with Crippen molar-refractivity contribution >= 4 is 28.5 Å². The largest absolute Gasteiger partial charge is 0.338 e. The molecule has 2 N–H and O–H groups in total. The van der Waals surface area contributed by atoms with E-state index in [1.54, 1.807) is 32.2 Å². The van der Waals surface area contributed by atoms with Gasteiger partial charge in [0.1, 0.15) is 5.82 Å². The van der Waals surface area contributed by atoms with E-state index in [9.17, 15) is 9.59 Å². The zero-order valence-electron chi connectivity index (χ0n) is 13.5. The Hall–Kier alpha value is -2.08. The molecule has 124 valence electrons. The van der Waals surface area contributed by atoms with E-state index in [0.717, 1.165) is 12.8 Å². The number of halogens is 1. The molecule has 2 aromatic rings. The maximum absolute atomic E-state index is 12.4. The van der Waals surface area contributed by atoms with Crippen LogP contribution in [0, 0.1) is 0 Å². The first-order valence-electron chi connectivity index (χ1n) is 7.64. The molecule has 0 spiro atoms. The van der Waals surface area contributed by atoms with Crippen LogP contribution in [-0.2, 0) is 7.05 Å². The number of carbonyl (C=O) groups excluding carboxylic acids is 1. The van der Waals surface area contributed by atoms with Crippen LogP contribution < -0.4 is 16.2 Å². The van der Waals surface area contributed by atoms with E-state index in [1.807, 2.05) is 0 Å². The summed E-state index contributed by atoms with van der Waals surface area (Å²) in [5.41, 5.74) is 0.359. The molecule has 0 aliphatic heterocycles. The van der Waals surface area contributed by atoms with Gasteiger partial charge in [-0.05, 0) is 31.5 Å². The van der Waals surface area contributed by atoms with Crippen molar-refractivity contribution in [3.8, 4) is 0 Å². The number of fused-ring (bicyclic) bond motifs is 1. The summed E-state index contributed by atoms with van der Waals surface area (Å²) in [5.74, 6) is 0.482. The molecule has 0 aliphatic rings. The highest BCUT2D eigenvalue weighted by atomic mass is 35.5. The zero-order chi connectivity index (χ0) is 17.0. The number of benzene rings is 1. The summed E-state index contributed by atoms with van der Waals surface area (Å²) in [5, 5.41) is 6.59. The predicted molar refractivity (Wildman–Crippen MR) is 91.9 cm³/mol. The molecule has 0 fully saturated rings. The topological polar surface area (TPSA) is 76.0 Å². The van der Waals surface area contributed by atoms with E-state index in [-0.39, 0.29) is 11.6 Å². The molecule has 1 atom stereocenters. The predicted octanol–water partition coefficient (Wildman–Crippen LogP) is 2.75. The third-order valence-electron chi connectivity index (χ3n) is 3.62. The first-order chi connectivity index (χ1) is 10.9. The molecule has 0 saturated carbocycles. The number of amides is 2. The molecule has 2 amide bonds. The first-order valence-corrected chi connectivity index (χ1v) is 8.02. The lowest BCUT2D eigenvalue weighted by atomic mass is 10.2. The fourth-order valence-electron chi connectivity index (χ4n) is 2.34. The quantitative estimate of drug-likeness (QED) is 0.824. The van der Waals surface area contributed by atoms with Gasteiger partial charge in [-0.1, -0.05) is 24.9 Å². The number of nitrogens with zero attached hydrogens (tertiary/aromatic N) is 2. The van der Waals surface area contributed by atoms with Gasteiger partial charge in [0, 0.05) is 18.6 Å². The van der Waals surface area contributed by atoms with Crippen LogP contribution in [0.25, 0.3) is 10.9 Å². The summed E-state index contributed by atoms with van der Waals surface area (Å²) in [7, 11) is 1.64. The Balaban J connectivity index is 2.26. The van der Waals surface area contributed by atoms with Gasteiger partial charge in [-0.15, -0.1) is 0 Å². The summed E-state index contributed by atoms with van der Waals surface area (Å²) < 4.78 is 1.45. The summed E-state index contributed by atoms with van der Waals surface area (Å²) in [6.45, 7) is 4.47. The number of hydrogen-bond acceptors (Lipinski definition) is 3. The first kappa shape index (κ1) is 17.3. The lowest BCUT2D eigenvalue weighted by Gasteiger charge is -2.17. The van der Waals surface area contributed by atoms with Gasteiger partial charge in [0.2, 0.25) is 0 Å². The molecule has 1 unspecified atom stereocenters. The van der Waals surface area contributed by atoms with Gasteiger partial charge in [-0.2, -0.15) is 0 Å². The van der Waals surface area contributed by atoms with E-state index in [0.29, 0.717) is 28.3 Å². The third-order valence-corrected chi connectivity index (χ3v) is 3.86. The molecule has 7 heteroatoms. The monoisotopic (exact) mass is 336 g/mol. The minimum atomic E-state index is -0.405. The SMILES string of the molecule is CCCCNC(=O)NC(C)c1nc2cc(Cl)ccc2c(=O)n1C. The van der Waals surface area contributed by atoms with Gasteiger partial charge >= 0.3 is 6.03 Å². The summed E-state index contributed by atoms with van der Waals surface area (Å²) in [6, 6.07) is 4.29. The summed E-state index contributed by atoms with van der Waals surface area (Å²) in [4.78, 5) is 28.8. The molecule has 0 bridgehead atoms. The highest BCUT2D eigenvalue weighted by Gasteiger charge is 2.16.